The van der Waals surface area contributed by atoms with Gasteiger partial charge in [0, 0.05) is 0 Å². The fourth-order valence-electron chi connectivity index (χ4n) is 2.66. The molecular weight excluding hydrogens is 380 g/mol. The second-order valence-corrected chi connectivity index (χ2v) is 8.52. The molecule has 2 aromatic rings. The van der Waals surface area contributed by atoms with Gasteiger partial charge in [0.25, 0.3) is 11.8 Å². The number of carbonyl (C=O) groups excluding carboxylic acids is 2. The molecule has 0 aliphatic rings. The van der Waals surface area contributed by atoms with Crippen LogP contribution in [-0.4, -0.2) is 24.0 Å². The second kappa shape index (κ2) is 9.65. The first-order chi connectivity index (χ1) is 14.0. The van der Waals surface area contributed by atoms with Crippen LogP contribution >= 0.6 is 0 Å². The summed E-state index contributed by atoms with van der Waals surface area (Å²) in [6.45, 7) is 13.6. The first-order valence-electron chi connectivity index (χ1n) is 10.1. The van der Waals surface area contributed by atoms with Crippen molar-refractivity contribution >= 4 is 11.8 Å². The van der Waals surface area contributed by atoms with Crippen molar-refractivity contribution in [1.82, 2.24) is 10.9 Å². The average molecular weight is 413 g/mol. The molecule has 0 bridgehead atoms. The van der Waals surface area contributed by atoms with Crippen LogP contribution in [0.3, 0.4) is 0 Å². The lowest BCUT2D eigenvalue weighted by Crippen LogP contribution is -2.50. The van der Waals surface area contributed by atoms with Gasteiger partial charge in [0.2, 0.25) is 0 Å². The van der Waals surface area contributed by atoms with E-state index in [-0.39, 0.29) is 5.41 Å². The summed E-state index contributed by atoms with van der Waals surface area (Å²) < 4.78 is 11.3. The number of rotatable bonds is 6. The Morgan fingerprint density at radius 3 is 1.70 bits per heavy atom. The zero-order valence-corrected chi connectivity index (χ0v) is 18.8. The molecule has 6 nitrogen and oxygen atoms in total. The summed E-state index contributed by atoms with van der Waals surface area (Å²) >= 11 is 0. The van der Waals surface area contributed by atoms with E-state index in [1.54, 1.807) is 13.8 Å². The van der Waals surface area contributed by atoms with E-state index < -0.39 is 24.0 Å². The highest BCUT2D eigenvalue weighted by Gasteiger charge is 2.20. The van der Waals surface area contributed by atoms with Gasteiger partial charge in [-0.1, -0.05) is 39.0 Å². The Labute approximate surface area is 178 Å². The molecule has 0 fully saturated rings. The molecule has 2 unspecified atom stereocenters. The summed E-state index contributed by atoms with van der Waals surface area (Å²) in [4.78, 5) is 24.5. The molecule has 0 heterocycles. The van der Waals surface area contributed by atoms with Gasteiger partial charge in [-0.3, -0.25) is 20.4 Å². The molecule has 2 atom stereocenters. The number of hydrogen-bond donors (Lipinski definition) is 2. The summed E-state index contributed by atoms with van der Waals surface area (Å²) in [5.41, 5.74) is 8.21. The van der Waals surface area contributed by atoms with Crippen molar-refractivity contribution in [2.24, 2.45) is 0 Å². The highest BCUT2D eigenvalue weighted by atomic mass is 16.5. The number of nitrogens with one attached hydrogen (secondary N) is 2. The fraction of sp³-hybridized carbons (Fsp3) is 0.417. The summed E-state index contributed by atoms with van der Waals surface area (Å²) in [6.07, 6.45) is -1.55. The molecular formula is C24H32N2O4. The average Bonchev–Trinajstić information content (AvgIpc) is 2.68. The van der Waals surface area contributed by atoms with Crippen LogP contribution in [0.1, 0.15) is 51.3 Å². The fourth-order valence-corrected chi connectivity index (χ4v) is 2.66. The lowest BCUT2D eigenvalue weighted by atomic mass is 9.87. The lowest BCUT2D eigenvalue weighted by Gasteiger charge is -2.20. The third kappa shape index (κ3) is 6.51. The van der Waals surface area contributed by atoms with Crippen molar-refractivity contribution in [3.63, 3.8) is 0 Å². The molecule has 0 spiro atoms. The maximum Gasteiger partial charge on any atom is 0.279 e. The molecule has 0 radical (unpaired) electrons. The quantitative estimate of drug-likeness (QED) is 0.704. The summed E-state index contributed by atoms with van der Waals surface area (Å²) in [7, 11) is 0. The van der Waals surface area contributed by atoms with Crippen molar-refractivity contribution < 1.29 is 19.1 Å². The topological polar surface area (TPSA) is 76.7 Å². The third-order valence-corrected chi connectivity index (χ3v) is 4.87. The van der Waals surface area contributed by atoms with Crippen LogP contribution in [0.5, 0.6) is 11.5 Å². The predicted molar refractivity (Wildman–Crippen MR) is 118 cm³/mol. The van der Waals surface area contributed by atoms with Gasteiger partial charge in [-0.25, -0.2) is 0 Å². The monoisotopic (exact) mass is 412 g/mol. The molecule has 2 N–H and O–H groups in total. The first-order valence-corrected chi connectivity index (χ1v) is 10.1. The standard InChI is InChI=1S/C24H32N2O4/c1-15-8-11-21(14-16(15)2)30-18(4)23(28)26-25-22(27)17(3)29-20-12-9-19(10-13-20)24(5,6)7/h8-14,17-18H,1-7H3,(H,25,27)(H,26,28). The maximum atomic E-state index is 12.2. The van der Waals surface area contributed by atoms with Crippen LogP contribution in [-0.2, 0) is 15.0 Å². The Morgan fingerprint density at radius 2 is 1.23 bits per heavy atom. The third-order valence-electron chi connectivity index (χ3n) is 4.87. The van der Waals surface area contributed by atoms with Crippen molar-refractivity contribution in [3.8, 4) is 11.5 Å². The summed E-state index contributed by atoms with van der Waals surface area (Å²) in [5, 5.41) is 0. The van der Waals surface area contributed by atoms with E-state index in [4.69, 9.17) is 9.47 Å². The Kier molecular flexibility index (Phi) is 7.48. The number of amides is 2. The van der Waals surface area contributed by atoms with Gasteiger partial charge in [-0.2, -0.15) is 0 Å². The van der Waals surface area contributed by atoms with E-state index in [2.05, 4.69) is 31.6 Å². The molecule has 162 valence electrons. The van der Waals surface area contributed by atoms with Crippen LogP contribution in [0.4, 0.5) is 0 Å². The summed E-state index contributed by atoms with van der Waals surface area (Å²) in [6, 6.07) is 13.3. The highest BCUT2D eigenvalue weighted by Crippen LogP contribution is 2.24. The number of carbonyl (C=O) groups is 2. The Hall–Kier alpha value is -3.02. The van der Waals surface area contributed by atoms with E-state index in [1.165, 1.54) is 5.56 Å². The Morgan fingerprint density at radius 1 is 0.767 bits per heavy atom. The smallest absolute Gasteiger partial charge is 0.279 e. The number of benzene rings is 2. The molecule has 6 heteroatoms. The minimum Gasteiger partial charge on any atom is -0.481 e. The number of hydrazine groups is 1. The largest absolute Gasteiger partial charge is 0.481 e. The number of hydrogen-bond acceptors (Lipinski definition) is 4. The zero-order valence-electron chi connectivity index (χ0n) is 18.8. The van der Waals surface area contributed by atoms with Crippen LogP contribution < -0.4 is 20.3 Å². The van der Waals surface area contributed by atoms with Crippen molar-refractivity contribution in [2.45, 2.75) is 66.1 Å². The van der Waals surface area contributed by atoms with Crippen LogP contribution in [0.15, 0.2) is 42.5 Å². The van der Waals surface area contributed by atoms with Gasteiger partial charge in [-0.05, 0) is 74.1 Å². The minimum absolute atomic E-state index is 0.0435. The van der Waals surface area contributed by atoms with E-state index in [0.717, 1.165) is 11.1 Å². The van der Waals surface area contributed by atoms with Crippen molar-refractivity contribution in [3.05, 3.63) is 59.2 Å². The van der Waals surface area contributed by atoms with Crippen LogP contribution in [0, 0.1) is 13.8 Å². The predicted octanol–water partition coefficient (Wildman–Crippen LogP) is 3.98. The number of ether oxygens (including phenoxy) is 2. The molecule has 2 amide bonds. The Bertz CT molecular complexity index is 885. The molecule has 2 aromatic carbocycles. The molecule has 0 saturated heterocycles. The summed E-state index contributed by atoms with van der Waals surface area (Å²) in [5.74, 6) is 0.274. The lowest BCUT2D eigenvalue weighted by molar-refractivity contribution is -0.135. The molecule has 2 rings (SSSR count). The van der Waals surface area contributed by atoms with Crippen LogP contribution in [0.2, 0.25) is 0 Å². The van der Waals surface area contributed by atoms with Gasteiger partial charge in [0.1, 0.15) is 11.5 Å². The molecule has 0 aromatic heterocycles. The molecule has 30 heavy (non-hydrogen) atoms. The van der Waals surface area contributed by atoms with E-state index >= 15 is 0 Å². The number of aryl methyl sites for hydroxylation is 2. The first kappa shape index (κ1) is 23.3. The normalized spacial score (nSPS) is 13.2. The van der Waals surface area contributed by atoms with Gasteiger partial charge in [-0.15, -0.1) is 0 Å². The highest BCUT2D eigenvalue weighted by molar-refractivity contribution is 5.86. The van der Waals surface area contributed by atoms with Crippen LogP contribution in [0.25, 0.3) is 0 Å². The van der Waals surface area contributed by atoms with E-state index in [0.29, 0.717) is 11.5 Å². The van der Waals surface area contributed by atoms with Gasteiger partial charge < -0.3 is 9.47 Å². The maximum absolute atomic E-state index is 12.2. The SMILES string of the molecule is Cc1ccc(OC(C)C(=O)NNC(=O)C(C)Oc2ccc(C(C)(C)C)cc2)cc1C. The minimum atomic E-state index is -0.776. The van der Waals surface area contributed by atoms with Crippen molar-refractivity contribution in [2.75, 3.05) is 0 Å². The van der Waals surface area contributed by atoms with Gasteiger partial charge in [0.15, 0.2) is 12.2 Å². The van der Waals surface area contributed by atoms with E-state index in [1.807, 2.05) is 56.3 Å². The second-order valence-electron chi connectivity index (χ2n) is 8.52. The van der Waals surface area contributed by atoms with E-state index in [9.17, 15) is 9.59 Å². The van der Waals surface area contributed by atoms with Gasteiger partial charge in [0.05, 0.1) is 0 Å². The molecule has 0 aliphatic heterocycles. The zero-order chi connectivity index (χ0) is 22.5. The molecule has 0 aliphatic carbocycles. The van der Waals surface area contributed by atoms with Crippen molar-refractivity contribution in [1.29, 1.82) is 0 Å². The molecule has 0 saturated carbocycles. The van der Waals surface area contributed by atoms with Gasteiger partial charge >= 0.3 is 0 Å². The Balaban J connectivity index is 1.83.